The number of hydrogen-bond donors (Lipinski definition) is 0. The molecule has 0 aliphatic heterocycles. The Morgan fingerprint density at radius 2 is 1.88 bits per heavy atom. The minimum absolute atomic E-state index is 0.258. The van der Waals surface area contributed by atoms with Crippen LogP contribution in [0.5, 0.6) is 0 Å². The summed E-state index contributed by atoms with van der Waals surface area (Å²) < 4.78 is 2.68. The molecule has 0 radical (unpaired) electrons. The van der Waals surface area contributed by atoms with E-state index < -0.39 is 0 Å². The normalized spacial score (nSPS) is 25.5. The molecule has 1 saturated carbocycles. The van der Waals surface area contributed by atoms with Gasteiger partial charge in [-0.3, -0.25) is 0 Å². The fraction of sp³-hybridized carbons (Fsp3) is 0.600. The van der Waals surface area contributed by atoms with E-state index in [1.807, 2.05) is 0 Å². The van der Waals surface area contributed by atoms with Gasteiger partial charge in [0.05, 0.1) is 0 Å². The Balaban J connectivity index is 1.86. The minimum atomic E-state index is 0.258. The van der Waals surface area contributed by atoms with Gasteiger partial charge in [0.2, 0.25) is 0 Å². The molecule has 1 heteroatoms. The molecule has 0 nitrogen and oxygen atoms in total. The summed E-state index contributed by atoms with van der Waals surface area (Å²) in [5.74, 6) is 0.974. The Hall–Kier alpha value is -0.0500. The first kappa shape index (κ1) is 12.4. The number of alkyl halides is 1. The van der Waals surface area contributed by atoms with Crippen LogP contribution in [0.2, 0.25) is 0 Å². The van der Waals surface area contributed by atoms with Gasteiger partial charge in [0, 0.05) is 0 Å². The zero-order valence-electron chi connectivity index (χ0n) is 10.8. The molecule has 2 rings (SSSR count). The second kappa shape index (κ2) is 4.67. The topological polar surface area (TPSA) is 0 Å². The second-order valence-corrected chi connectivity index (χ2v) is 9.67. The van der Waals surface area contributed by atoms with Crippen LogP contribution in [0, 0.1) is 21.8 Å². The summed E-state index contributed by atoms with van der Waals surface area (Å²) in [7, 11) is 0. The van der Waals surface area contributed by atoms with E-state index in [0.29, 0.717) is 5.41 Å². The third-order valence-electron chi connectivity index (χ3n) is 3.57. The zero-order valence-corrected chi connectivity index (χ0v) is 12.9. The van der Waals surface area contributed by atoms with Crippen LogP contribution in [-0.4, -0.2) is 3.92 Å². The summed E-state index contributed by atoms with van der Waals surface area (Å²) in [4.78, 5) is 0. The third-order valence-corrected chi connectivity index (χ3v) is 6.85. The fourth-order valence-electron chi connectivity index (χ4n) is 2.20. The van der Waals surface area contributed by atoms with Gasteiger partial charge in [-0.25, -0.2) is 0 Å². The van der Waals surface area contributed by atoms with Gasteiger partial charge in [0.15, 0.2) is 0 Å². The van der Waals surface area contributed by atoms with Crippen LogP contribution in [-0.2, 0) is 0 Å². The number of hydrogen-bond acceptors (Lipinski definition) is 0. The molecule has 1 aromatic rings. The van der Waals surface area contributed by atoms with Crippen molar-refractivity contribution in [2.24, 2.45) is 11.3 Å². The molecule has 0 saturated heterocycles. The first-order valence-corrected chi connectivity index (χ1v) is 8.47. The van der Waals surface area contributed by atoms with E-state index in [4.69, 9.17) is 0 Å². The SMILES string of the molecule is Cc1cccc([I-]C2CC(C(C)(C)C)C2)c1. The second-order valence-electron chi connectivity index (χ2n) is 6.04. The third kappa shape index (κ3) is 2.99. The maximum atomic E-state index is 2.39. The Morgan fingerprint density at radius 1 is 1.19 bits per heavy atom. The summed E-state index contributed by atoms with van der Waals surface area (Å²) in [6.45, 7) is 9.36. The molecule has 0 N–H and O–H groups in total. The Kier molecular flexibility index (Phi) is 3.62. The molecule has 1 aliphatic carbocycles. The van der Waals surface area contributed by atoms with E-state index >= 15 is 0 Å². The summed E-state index contributed by atoms with van der Waals surface area (Å²) in [6.07, 6.45) is 2.95. The molecular formula is C15H22I-. The van der Waals surface area contributed by atoms with E-state index in [1.165, 1.54) is 18.4 Å². The van der Waals surface area contributed by atoms with Crippen LogP contribution in [0.3, 0.4) is 0 Å². The summed E-state index contributed by atoms with van der Waals surface area (Å²) in [5, 5.41) is 0. The number of benzene rings is 1. The van der Waals surface area contributed by atoms with Gasteiger partial charge >= 0.3 is 110 Å². The number of halogens is 1. The molecule has 1 aliphatic rings. The van der Waals surface area contributed by atoms with Crippen molar-refractivity contribution in [2.75, 3.05) is 0 Å². The van der Waals surface area contributed by atoms with Gasteiger partial charge in [-0.05, 0) is 0 Å². The molecule has 16 heavy (non-hydrogen) atoms. The molecule has 0 unspecified atom stereocenters. The Labute approximate surface area is 110 Å². The van der Waals surface area contributed by atoms with E-state index in [1.54, 1.807) is 3.57 Å². The van der Waals surface area contributed by atoms with Crippen molar-refractivity contribution < 1.29 is 21.2 Å². The predicted molar refractivity (Wildman–Crippen MR) is 65.8 cm³/mol. The quantitative estimate of drug-likeness (QED) is 0.563. The average molecular weight is 329 g/mol. The van der Waals surface area contributed by atoms with E-state index in [2.05, 4.69) is 52.0 Å². The van der Waals surface area contributed by atoms with Gasteiger partial charge in [-0.15, -0.1) is 0 Å². The van der Waals surface area contributed by atoms with Crippen molar-refractivity contribution in [1.29, 1.82) is 0 Å². The molecule has 0 aromatic heterocycles. The summed E-state index contributed by atoms with van der Waals surface area (Å²) in [6, 6.07) is 9.12. The van der Waals surface area contributed by atoms with Crippen molar-refractivity contribution in [3.05, 3.63) is 33.4 Å². The Morgan fingerprint density at radius 3 is 2.44 bits per heavy atom. The molecule has 0 atom stereocenters. The molecule has 0 spiro atoms. The van der Waals surface area contributed by atoms with Gasteiger partial charge in [0.25, 0.3) is 0 Å². The number of rotatable bonds is 2. The predicted octanol–water partition coefficient (Wildman–Crippen LogP) is 1.08. The summed E-state index contributed by atoms with van der Waals surface area (Å²) >= 11 is 0.258. The average Bonchev–Trinajstić information content (AvgIpc) is 2.08. The molecule has 0 heterocycles. The van der Waals surface area contributed by atoms with Gasteiger partial charge in [0.1, 0.15) is 0 Å². The van der Waals surface area contributed by atoms with Crippen molar-refractivity contribution in [1.82, 2.24) is 0 Å². The standard InChI is InChI=1S/C15H22I/c1-11-6-5-7-13(8-11)16-14-9-12(10-14)15(2,3)4/h5-8,12,14H,9-10H2,1-4H3/q-1. The van der Waals surface area contributed by atoms with Gasteiger partial charge < -0.3 is 0 Å². The van der Waals surface area contributed by atoms with Gasteiger partial charge in [-0.1, -0.05) is 0 Å². The fourth-order valence-corrected chi connectivity index (χ4v) is 6.04. The Bertz CT molecular complexity index is 356. The van der Waals surface area contributed by atoms with Crippen molar-refractivity contribution in [2.45, 2.75) is 44.5 Å². The van der Waals surface area contributed by atoms with Crippen LogP contribution in [0.15, 0.2) is 24.3 Å². The van der Waals surface area contributed by atoms with Gasteiger partial charge in [-0.2, -0.15) is 0 Å². The van der Waals surface area contributed by atoms with Crippen LogP contribution in [0.1, 0.15) is 39.2 Å². The van der Waals surface area contributed by atoms with Crippen LogP contribution in [0.25, 0.3) is 0 Å². The van der Waals surface area contributed by atoms with Crippen molar-refractivity contribution in [3.8, 4) is 0 Å². The molecule has 1 aromatic carbocycles. The molecular weight excluding hydrogens is 307 g/mol. The monoisotopic (exact) mass is 329 g/mol. The van der Waals surface area contributed by atoms with E-state index in [9.17, 15) is 0 Å². The summed E-state index contributed by atoms with van der Waals surface area (Å²) in [5.41, 5.74) is 1.95. The van der Waals surface area contributed by atoms with E-state index in [-0.39, 0.29) is 21.2 Å². The van der Waals surface area contributed by atoms with Crippen LogP contribution >= 0.6 is 0 Å². The zero-order chi connectivity index (χ0) is 11.8. The van der Waals surface area contributed by atoms with Crippen LogP contribution in [0.4, 0.5) is 0 Å². The molecule has 1 fully saturated rings. The van der Waals surface area contributed by atoms with Crippen molar-refractivity contribution in [3.63, 3.8) is 0 Å². The maximum absolute atomic E-state index is 2.39. The van der Waals surface area contributed by atoms with Crippen molar-refractivity contribution >= 4 is 0 Å². The first-order chi connectivity index (χ1) is 7.45. The molecule has 0 amide bonds. The number of aryl methyl sites for hydroxylation is 1. The van der Waals surface area contributed by atoms with Crippen LogP contribution < -0.4 is 21.2 Å². The molecule has 90 valence electrons. The van der Waals surface area contributed by atoms with E-state index in [0.717, 1.165) is 9.84 Å². The first-order valence-electron chi connectivity index (χ1n) is 6.15. The molecule has 0 bridgehead atoms.